The van der Waals surface area contributed by atoms with Crippen molar-refractivity contribution in [1.29, 1.82) is 0 Å². The fraction of sp³-hybridized carbons (Fsp3) is 0.450. The topological polar surface area (TPSA) is 108 Å². The van der Waals surface area contributed by atoms with Crippen molar-refractivity contribution in [3.05, 3.63) is 35.8 Å². The largest absolute Gasteiger partial charge is 0.483 e. The first-order valence-corrected chi connectivity index (χ1v) is 9.15. The number of likely N-dealkylation sites (N-methyl/N-ethyl adjacent to an activating group) is 1. The summed E-state index contributed by atoms with van der Waals surface area (Å²) < 4.78 is 0. The number of anilines is 1. The maximum absolute atomic E-state index is 12.3. The van der Waals surface area contributed by atoms with Gasteiger partial charge in [-0.25, -0.2) is 15.0 Å². The minimum absolute atomic E-state index is 0.0103. The molecule has 1 amide bonds. The molecule has 0 saturated carbocycles. The van der Waals surface area contributed by atoms with Gasteiger partial charge in [0.15, 0.2) is 5.82 Å². The summed E-state index contributed by atoms with van der Waals surface area (Å²) >= 11 is 0. The van der Waals surface area contributed by atoms with Crippen LogP contribution in [0.25, 0.3) is 11.5 Å². The molecule has 0 atom stereocenters. The molecule has 0 bridgehead atoms. The SMILES string of the molecule is CN(CC(=O)NC(C)(C)C)c1cc(-c2ncccn2)nc2c1CCC2.O=CO. The number of hydrogen-bond donors (Lipinski definition) is 2. The van der Waals surface area contributed by atoms with Crippen LogP contribution < -0.4 is 10.2 Å². The van der Waals surface area contributed by atoms with E-state index in [2.05, 4.69) is 15.3 Å². The zero-order valence-electron chi connectivity index (χ0n) is 16.8. The molecular formula is C20H27N5O3. The summed E-state index contributed by atoms with van der Waals surface area (Å²) in [5.41, 5.74) is 3.92. The van der Waals surface area contributed by atoms with Gasteiger partial charge in [-0.1, -0.05) is 0 Å². The van der Waals surface area contributed by atoms with Crippen LogP contribution in [-0.2, 0) is 22.4 Å². The first kappa shape index (κ1) is 21.3. The molecule has 1 aliphatic carbocycles. The first-order valence-electron chi connectivity index (χ1n) is 9.15. The highest BCUT2D eigenvalue weighted by Crippen LogP contribution is 2.32. The number of aromatic nitrogens is 3. The third kappa shape index (κ3) is 5.73. The fourth-order valence-corrected chi connectivity index (χ4v) is 3.17. The van der Waals surface area contributed by atoms with Crippen LogP contribution in [-0.4, -0.2) is 51.6 Å². The summed E-state index contributed by atoms with van der Waals surface area (Å²) in [6.45, 7) is 6.02. The van der Waals surface area contributed by atoms with Gasteiger partial charge in [0.25, 0.3) is 6.47 Å². The highest BCUT2D eigenvalue weighted by Gasteiger charge is 2.23. The lowest BCUT2D eigenvalue weighted by Crippen LogP contribution is -2.45. The van der Waals surface area contributed by atoms with Crippen LogP contribution in [0.15, 0.2) is 24.5 Å². The van der Waals surface area contributed by atoms with Crippen LogP contribution in [0, 0.1) is 0 Å². The number of nitrogens with one attached hydrogen (secondary N) is 1. The standard InChI is InChI=1S/C19H25N5O.CH2O2/c1-19(2,3)23-17(25)12-24(4)16-11-15(18-20-9-6-10-21-18)22-14-8-5-7-13(14)16;2-1-3/h6,9-11H,5,7-8,12H2,1-4H3,(H,23,25);1H,(H,2,3). The van der Waals surface area contributed by atoms with Gasteiger partial charge in [-0.2, -0.15) is 0 Å². The van der Waals surface area contributed by atoms with E-state index in [-0.39, 0.29) is 17.9 Å². The van der Waals surface area contributed by atoms with Crippen LogP contribution in [0.2, 0.25) is 0 Å². The van der Waals surface area contributed by atoms with Crippen molar-refractivity contribution in [3.8, 4) is 11.5 Å². The molecule has 28 heavy (non-hydrogen) atoms. The number of hydrogen-bond acceptors (Lipinski definition) is 6. The average Bonchev–Trinajstić information content (AvgIpc) is 3.09. The van der Waals surface area contributed by atoms with Crippen LogP contribution >= 0.6 is 0 Å². The molecule has 0 fully saturated rings. The highest BCUT2D eigenvalue weighted by molar-refractivity contribution is 5.82. The molecule has 8 nitrogen and oxygen atoms in total. The van der Waals surface area contributed by atoms with Gasteiger partial charge in [0.2, 0.25) is 5.91 Å². The number of pyridine rings is 1. The van der Waals surface area contributed by atoms with Gasteiger partial charge in [0.1, 0.15) is 5.69 Å². The summed E-state index contributed by atoms with van der Waals surface area (Å²) in [6.07, 6.45) is 6.50. The van der Waals surface area contributed by atoms with Crippen molar-refractivity contribution in [2.24, 2.45) is 0 Å². The van der Waals surface area contributed by atoms with Crippen molar-refractivity contribution >= 4 is 18.1 Å². The summed E-state index contributed by atoms with van der Waals surface area (Å²) in [6, 6.07) is 3.80. The zero-order valence-corrected chi connectivity index (χ0v) is 16.8. The quantitative estimate of drug-likeness (QED) is 0.776. The molecule has 0 aromatic carbocycles. The summed E-state index contributed by atoms with van der Waals surface area (Å²) in [5, 5.41) is 9.90. The lowest BCUT2D eigenvalue weighted by atomic mass is 10.1. The van der Waals surface area contributed by atoms with Crippen molar-refractivity contribution in [1.82, 2.24) is 20.3 Å². The van der Waals surface area contributed by atoms with Gasteiger partial charge in [-0.3, -0.25) is 9.59 Å². The number of carbonyl (C=O) groups is 2. The Morgan fingerprint density at radius 3 is 2.54 bits per heavy atom. The molecular weight excluding hydrogens is 358 g/mol. The molecule has 150 valence electrons. The molecule has 0 aliphatic heterocycles. The molecule has 0 spiro atoms. The molecule has 2 heterocycles. The maximum atomic E-state index is 12.3. The Kier molecular flexibility index (Phi) is 7.03. The average molecular weight is 385 g/mol. The number of rotatable bonds is 4. The monoisotopic (exact) mass is 385 g/mol. The molecule has 2 aromatic heterocycles. The third-order valence-electron chi connectivity index (χ3n) is 4.13. The number of aryl methyl sites for hydroxylation is 1. The summed E-state index contributed by atoms with van der Waals surface area (Å²) in [5.74, 6) is 0.627. The Bertz CT molecular complexity index is 819. The van der Waals surface area contributed by atoms with Gasteiger partial charge < -0.3 is 15.3 Å². The smallest absolute Gasteiger partial charge is 0.290 e. The van der Waals surface area contributed by atoms with Crippen LogP contribution in [0.3, 0.4) is 0 Å². The van der Waals surface area contributed by atoms with E-state index in [1.165, 1.54) is 5.56 Å². The molecule has 1 aliphatic rings. The molecule has 3 rings (SSSR count). The second-order valence-electron chi connectivity index (χ2n) is 7.64. The molecule has 0 radical (unpaired) electrons. The van der Waals surface area contributed by atoms with Crippen LogP contribution in [0.5, 0.6) is 0 Å². The second-order valence-corrected chi connectivity index (χ2v) is 7.64. The number of fused-ring (bicyclic) bond motifs is 1. The molecule has 2 aromatic rings. The van der Waals surface area contributed by atoms with E-state index in [9.17, 15) is 4.79 Å². The summed E-state index contributed by atoms with van der Waals surface area (Å²) in [7, 11) is 1.95. The van der Waals surface area contributed by atoms with Crippen molar-refractivity contribution < 1.29 is 14.7 Å². The molecule has 2 N–H and O–H groups in total. The minimum Gasteiger partial charge on any atom is -0.483 e. The molecule has 0 unspecified atom stereocenters. The molecule has 8 heteroatoms. The van der Waals surface area contributed by atoms with E-state index in [0.29, 0.717) is 12.4 Å². The van der Waals surface area contributed by atoms with Gasteiger partial charge in [0.05, 0.1) is 6.54 Å². The van der Waals surface area contributed by atoms with Gasteiger partial charge in [-0.15, -0.1) is 0 Å². The van der Waals surface area contributed by atoms with Crippen molar-refractivity contribution in [3.63, 3.8) is 0 Å². The predicted octanol–water partition coefficient (Wildman–Crippen LogP) is 2.08. The van der Waals surface area contributed by atoms with Crippen LogP contribution in [0.1, 0.15) is 38.4 Å². The van der Waals surface area contributed by atoms with E-state index < -0.39 is 0 Å². The van der Waals surface area contributed by atoms with Gasteiger partial charge >= 0.3 is 0 Å². The second kappa shape index (κ2) is 9.25. The Morgan fingerprint density at radius 1 is 1.29 bits per heavy atom. The van der Waals surface area contributed by atoms with Crippen molar-refractivity contribution in [2.45, 2.75) is 45.6 Å². The Morgan fingerprint density at radius 2 is 1.93 bits per heavy atom. The lowest BCUT2D eigenvalue weighted by Gasteiger charge is -2.26. The number of nitrogens with zero attached hydrogens (tertiary/aromatic N) is 4. The fourth-order valence-electron chi connectivity index (χ4n) is 3.17. The number of amides is 1. The normalized spacial score (nSPS) is 12.4. The zero-order chi connectivity index (χ0) is 20.7. The highest BCUT2D eigenvalue weighted by atomic mass is 16.3. The maximum Gasteiger partial charge on any atom is 0.290 e. The van der Waals surface area contributed by atoms with E-state index in [1.807, 2.05) is 38.8 Å². The lowest BCUT2D eigenvalue weighted by molar-refractivity contribution is -0.123. The minimum atomic E-state index is -0.250. The van der Waals surface area contributed by atoms with Crippen molar-refractivity contribution in [2.75, 3.05) is 18.5 Å². The Labute approximate surface area is 165 Å². The first-order chi connectivity index (χ1) is 13.2. The van der Waals surface area contributed by atoms with E-state index in [4.69, 9.17) is 14.9 Å². The Balaban J connectivity index is 0.000000878. The Hall–Kier alpha value is -3.03. The van der Waals surface area contributed by atoms with Gasteiger partial charge in [-0.05, 0) is 57.7 Å². The third-order valence-corrected chi connectivity index (χ3v) is 4.13. The number of carboxylic acid groups (broad SMARTS) is 1. The number of carbonyl (C=O) groups excluding carboxylic acids is 1. The van der Waals surface area contributed by atoms with Gasteiger partial charge in [0, 0.05) is 36.4 Å². The van der Waals surface area contributed by atoms with E-state index in [1.54, 1.807) is 18.5 Å². The van der Waals surface area contributed by atoms with E-state index in [0.717, 1.165) is 36.3 Å². The van der Waals surface area contributed by atoms with E-state index >= 15 is 0 Å². The predicted molar refractivity (Wildman–Crippen MR) is 107 cm³/mol. The van der Waals surface area contributed by atoms with Crippen LogP contribution in [0.4, 0.5) is 5.69 Å². The molecule has 0 saturated heterocycles. The summed E-state index contributed by atoms with van der Waals surface area (Å²) in [4.78, 5) is 36.0.